The van der Waals surface area contributed by atoms with Gasteiger partial charge in [0.1, 0.15) is 5.75 Å². The first kappa shape index (κ1) is 18.6. The van der Waals surface area contributed by atoms with Crippen LogP contribution in [0, 0.1) is 0 Å². The molecular formula is C19H22N4O4. The SMILES string of the molecule is COc1ccc(CC(=O)OCC(=O)N2CCN(c3ncccn3)CC2)cc1. The van der Waals surface area contributed by atoms with Crippen molar-refractivity contribution in [2.75, 3.05) is 44.8 Å². The fourth-order valence-corrected chi connectivity index (χ4v) is 2.80. The lowest BCUT2D eigenvalue weighted by Gasteiger charge is -2.34. The summed E-state index contributed by atoms with van der Waals surface area (Å²) in [5.74, 6) is 0.773. The molecule has 1 saturated heterocycles. The van der Waals surface area contributed by atoms with E-state index >= 15 is 0 Å². The van der Waals surface area contributed by atoms with Gasteiger partial charge in [-0.05, 0) is 23.8 Å². The zero-order chi connectivity index (χ0) is 19.1. The van der Waals surface area contributed by atoms with Crippen molar-refractivity contribution >= 4 is 17.8 Å². The maximum atomic E-state index is 12.3. The Labute approximate surface area is 157 Å². The van der Waals surface area contributed by atoms with Crippen LogP contribution >= 0.6 is 0 Å². The standard InChI is InChI=1S/C19H22N4O4/c1-26-16-5-3-15(4-6-16)13-18(25)27-14-17(24)22-9-11-23(12-10-22)19-20-7-2-8-21-19/h2-8H,9-14H2,1H3. The molecule has 0 unspecified atom stereocenters. The number of carbonyl (C=O) groups excluding carboxylic acids is 2. The number of aromatic nitrogens is 2. The van der Waals surface area contributed by atoms with Crippen molar-refractivity contribution in [3.8, 4) is 5.75 Å². The first-order valence-corrected chi connectivity index (χ1v) is 8.74. The van der Waals surface area contributed by atoms with Gasteiger partial charge in [-0.1, -0.05) is 12.1 Å². The quantitative estimate of drug-likeness (QED) is 0.699. The Morgan fingerprint density at radius 3 is 2.33 bits per heavy atom. The number of esters is 1. The summed E-state index contributed by atoms with van der Waals surface area (Å²) in [6.45, 7) is 2.15. The summed E-state index contributed by atoms with van der Waals surface area (Å²) in [7, 11) is 1.58. The molecule has 1 amide bonds. The summed E-state index contributed by atoms with van der Waals surface area (Å²) in [6, 6.07) is 8.93. The second-order valence-electron chi connectivity index (χ2n) is 6.10. The van der Waals surface area contributed by atoms with Gasteiger partial charge in [0.15, 0.2) is 6.61 Å². The lowest BCUT2D eigenvalue weighted by atomic mass is 10.1. The van der Waals surface area contributed by atoms with Crippen LogP contribution in [0.4, 0.5) is 5.95 Å². The van der Waals surface area contributed by atoms with Gasteiger partial charge in [0.05, 0.1) is 13.5 Å². The highest BCUT2D eigenvalue weighted by Crippen LogP contribution is 2.12. The van der Waals surface area contributed by atoms with Crippen LogP contribution in [0.5, 0.6) is 5.75 Å². The molecule has 2 aromatic rings. The average Bonchev–Trinajstić information content (AvgIpc) is 2.73. The van der Waals surface area contributed by atoms with Crippen LogP contribution in [0.25, 0.3) is 0 Å². The predicted octanol–water partition coefficient (Wildman–Crippen LogP) is 0.920. The zero-order valence-corrected chi connectivity index (χ0v) is 15.2. The Morgan fingerprint density at radius 2 is 1.70 bits per heavy atom. The third kappa shape index (κ3) is 5.16. The van der Waals surface area contributed by atoms with Crippen molar-refractivity contribution in [2.24, 2.45) is 0 Å². The van der Waals surface area contributed by atoms with E-state index in [0.717, 1.165) is 11.3 Å². The van der Waals surface area contributed by atoms with E-state index in [9.17, 15) is 9.59 Å². The number of hydrogen-bond acceptors (Lipinski definition) is 7. The second-order valence-corrected chi connectivity index (χ2v) is 6.10. The number of carbonyl (C=O) groups is 2. The molecule has 1 fully saturated rings. The normalized spacial score (nSPS) is 14.0. The molecule has 0 bridgehead atoms. The minimum Gasteiger partial charge on any atom is -0.497 e. The molecule has 1 aromatic carbocycles. The number of rotatable bonds is 6. The fraction of sp³-hybridized carbons (Fsp3) is 0.368. The van der Waals surface area contributed by atoms with E-state index in [1.807, 2.05) is 4.90 Å². The van der Waals surface area contributed by atoms with E-state index in [1.54, 1.807) is 54.7 Å². The van der Waals surface area contributed by atoms with Crippen LogP contribution < -0.4 is 9.64 Å². The van der Waals surface area contributed by atoms with Gasteiger partial charge in [-0.3, -0.25) is 9.59 Å². The molecule has 0 N–H and O–H groups in total. The number of hydrogen-bond donors (Lipinski definition) is 0. The molecule has 1 aromatic heterocycles. The van der Waals surface area contributed by atoms with Crippen LogP contribution in [0.2, 0.25) is 0 Å². The fourth-order valence-electron chi connectivity index (χ4n) is 2.80. The zero-order valence-electron chi connectivity index (χ0n) is 15.2. The van der Waals surface area contributed by atoms with Gasteiger partial charge < -0.3 is 19.3 Å². The van der Waals surface area contributed by atoms with Gasteiger partial charge in [-0.15, -0.1) is 0 Å². The van der Waals surface area contributed by atoms with Crippen molar-refractivity contribution < 1.29 is 19.1 Å². The summed E-state index contributed by atoms with van der Waals surface area (Å²) in [5.41, 5.74) is 0.810. The molecular weight excluding hydrogens is 348 g/mol. The Balaban J connectivity index is 1.41. The Bertz CT molecular complexity index is 759. The molecule has 0 saturated carbocycles. The molecule has 2 heterocycles. The molecule has 27 heavy (non-hydrogen) atoms. The molecule has 8 heteroatoms. The predicted molar refractivity (Wildman–Crippen MR) is 98.5 cm³/mol. The molecule has 0 radical (unpaired) electrons. The van der Waals surface area contributed by atoms with Crippen LogP contribution in [0.1, 0.15) is 5.56 Å². The largest absolute Gasteiger partial charge is 0.497 e. The van der Waals surface area contributed by atoms with Gasteiger partial charge in [0.25, 0.3) is 5.91 Å². The van der Waals surface area contributed by atoms with E-state index < -0.39 is 5.97 Å². The monoisotopic (exact) mass is 370 g/mol. The Hall–Kier alpha value is -3.16. The second kappa shape index (κ2) is 8.98. The van der Waals surface area contributed by atoms with Crippen molar-refractivity contribution in [3.63, 3.8) is 0 Å². The minimum absolute atomic E-state index is 0.121. The number of piperazine rings is 1. The van der Waals surface area contributed by atoms with E-state index in [4.69, 9.17) is 9.47 Å². The van der Waals surface area contributed by atoms with Gasteiger partial charge in [0, 0.05) is 38.6 Å². The third-order valence-corrected chi connectivity index (χ3v) is 4.33. The summed E-state index contributed by atoms with van der Waals surface area (Å²) in [6.07, 6.45) is 3.51. The molecule has 0 aliphatic carbocycles. The summed E-state index contributed by atoms with van der Waals surface area (Å²) < 4.78 is 10.2. The highest BCUT2D eigenvalue weighted by Gasteiger charge is 2.23. The lowest BCUT2D eigenvalue weighted by Crippen LogP contribution is -2.50. The number of nitrogens with zero attached hydrogens (tertiary/aromatic N) is 4. The van der Waals surface area contributed by atoms with Crippen molar-refractivity contribution in [3.05, 3.63) is 48.3 Å². The minimum atomic E-state index is -0.426. The topological polar surface area (TPSA) is 84.9 Å². The number of methoxy groups -OCH3 is 1. The van der Waals surface area contributed by atoms with Crippen molar-refractivity contribution in [1.82, 2.24) is 14.9 Å². The van der Waals surface area contributed by atoms with E-state index in [1.165, 1.54) is 0 Å². The summed E-state index contributed by atoms with van der Waals surface area (Å²) >= 11 is 0. The highest BCUT2D eigenvalue weighted by atomic mass is 16.5. The first-order chi connectivity index (χ1) is 13.2. The molecule has 1 aliphatic heterocycles. The lowest BCUT2D eigenvalue weighted by molar-refractivity contribution is -0.151. The maximum Gasteiger partial charge on any atom is 0.310 e. The van der Waals surface area contributed by atoms with Gasteiger partial charge in [0.2, 0.25) is 5.95 Å². The number of anilines is 1. The van der Waals surface area contributed by atoms with Crippen molar-refractivity contribution in [1.29, 1.82) is 0 Å². The number of benzene rings is 1. The maximum absolute atomic E-state index is 12.3. The summed E-state index contributed by atoms with van der Waals surface area (Å²) in [4.78, 5) is 36.4. The van der Waals surface area contributed by atoms with Crippen LogP contribution in [-0.4, -0.2) is 66.6 Å². The van der Waals surface area contributed by atoms with Crippen LogP contribution in [0.3, 0.4) is 0 Å². The van der Waals surface area contributed by atoms with E-state index in [-0.39, 0.29) is 18.9 Å². The molecule has 142 valence electrons. The average molecular weight is 370 g/mol. The van der Waals surface area contributed by atoms with Gasteiger partial charge >= 0.3 is 5.97 Å². The molecule has 0 atom stereocenters. The van der Waals surface area contributed by atoms with Gasteiger partial charge in [-0.25, -0.2) is 9.97 Å². The van der Waals surface area contributed by atoms with Crippen LogP contribution in [-0.2, 0) is 20.7 Å². The van der Waals surface area contributed by atoms with Gasteiger partial charge in [-0.2, -0.15) is 0 Å². The molecule has 1 aliphatic rings. The van der Waals surface area contributed by atoms with Crippen LogP contribution in [0.15, 0.2) is 42.7 Å². The molecule has 0 spiro atoms. The first-order valence-electron chi connectivity index (χ1n) is 8.74. The molecule has 8 nitrogen and oxygen atoms in total. The number of amides is 1. The third-order valence-electron chi connectivity index (χ3n) is 4.33. The summed E-state index contributed by atoms with van der Waals surface area (Å²) in [5, 5.41) is 0. The Kier molecular flexibility index (Phi) is 6.19. The smallest absolute Gasteiger partial charge is 0.310 e. The Morgan fingerprint density at radius 1 is 1.04 bits per heavy atom. The molecule has 3 rings (SSSR count). The highest BCUT2D eigenvalue weighted by molar-refractivity contribution is 5.81. The van der Waals surface area contributed by atoms with E-state index in [0.29, 0.717) is 32.1 Å². The van der Waals surface area contributed by atoms with E-state index in [2.05, 4.69) is 9.97 Å². The number of ether oxygens (including phenoxy) is 2. The van der Waals surface area contributed by atoms with Crippen molar-refractivity contribution in [2.45, 2.75) is 6.42 Å².